The van der Waals surface area contributed by atoms with Gasteiger partial charge in [-0.25, -0.2) is 9.97 Å². The topological polar surface area (TPSA) is 45.9 Å². The smallest absolute Gasteiger partial charge is 0.159 e. The predicted octanol–water partition coefficient (Wildman–Crippen LogP) is 3.38. The molecule has 0 unspecified atom stereocenters. The van der Waals surface area contributed by atoms with Crippen LogP contribution in [-0.2, 0) is 0 Å². The van der Waals surface area contributed by atoms with Crippen LogP contribution in [0.4, 0.5) is 5.69 Å². The number of aromatic nitrogens is 3. The van der Waals surface area contributed by atoms with Crippen molar-refractivity contribution in [3.63, 3.8) is 0 Å². The van der Waals surface area contributed by atoms with Crippen molar-refractivity contribution in [2.45, 2.75) is 6.92 Å². The maximum absolute atomic E-state index is 6.10. The van der Waals surface area contributed by atoms with Crippen molar-refractivity contribution in [3.05, 3.63) is 52.7 Å². The zero-order valence-electron chi connectivity index (χ0n) is 16.0. The van der Waals surface area contributed by atoms with Gasteiger partial charge in [-0.15, -0.1) is 0 Å². The molecule has 4 heterocycles. The summed E-state index contributed by atoms with van der Waals surface area (Å²) in [5, 5.41) is 0.463. The Balaban J connectivity index is 1.45. The summed E-state index contributed by atoms with van der Waals surface area (Å²) < 4.78 is 8.02. The first kappa shape index (κ1) is 17.5. The lowest BCUT2D eigenvalue weighted by Crippen LogP contribution is -2.44. The van der Waals surface area contributed by atoms with Crippen molar-refractivity contribution in [1.82, 2.24) is 19.3 Å². The molecule has 144 valence electrons. The first-order valence-electron chi connectivity index (χ1n) is 9.50. The molecule has 0 aliphatic carbocycles. The quantitative estimate of drug-likeness (QED) is 0.665. The minimum absolute atomic E-state index is 0.463. The molecule has 2 aromatic heterocycles. The van der Waals surface area contributed by atoms with Crippen LogP contribution in [0.15, 0.2) is 30.6 Å². The van der Waals surface area contributed by atoms with Gasteiger partial charge in [-0.2, -0.15) is 0 Å². The van der Waals surface area contributed by atoms with Crippen LogP contribution in [0.2, 0.25) is 5.15 Å². The lowest BCUT2D eigenvalue weighted by atomic mass is 10.0. The van der Waals surface area contributed by atoms with Crippen molar-refractivity contribution in [3.8, 4) is 5.75 Å². The average molecular weight is 396 g/mol. The highest BCUT2D eigenvalue weighted by Crippen LogP contribution is 2.34. The highest BCUT2D eigenvalue weighted by molar-refractivity contribution is 6.29. The maximum Gasteiger partial charge on any atom is 0.159 e. The number of fused-ring (bicyclic) bond motifs is 2. The zero-order valence-corrected chi connectivity index (χ0v) is 16.8. The summed E-state index contributed by atoms with van der Waals surface area (Å²) in [7, 11) is 2.17. The van der Waals surface area contributed by atoms with E-state index in [0.717, 1.165) is 60.1 Å². The van der Waals surface area contributed by atoms with Gasteiger partial charge in [-0.3, -0.25) is 0 Å². The molecular weight excluding hydrogens is 374 g/mol. The molecule has 0 atom stereocenters. The summed E-state index contributed by atoms with van der Waals surface area (Å²) in [6.07, 6.45) is 5.92. The zero-order chi connectivity index (χ0) is 19.3. The van der Waals surface area contributed by atoms with Crippen LogP contribution in [0.25, 0.3) is 17.3 Å². The molecule has 0 saturated carbocycles. The van der Waals surface area contributed by atoms with Crippen LogP contribution in [0, 0.1) is 6.92 Å². The van der Waals surface area contributed by atoms with Gasteiger partial charge in [0.05, 0.1) is 11.4 Å². The molecular formula is C21H22ClN5O. The van der Waals surface area contributed by atoms with Gasteiger partial charge in [0.1, 0.15) is 17.5 Å². The Labute approximate surface area is 169 Å². The molecule has 0 radical (unpaired) electrons. The van der Waals surface area contributed by atoms with Gasteiger partial charge in [0.2, 0.25) is 0 Å². The molecule has 5 rings (SSSR count). The predicted molar refractivity (Wildman–Crippen MR) is 112 cm³/mol. The molecule has 3 aromatic rings. The Bertz CT molecular complexity index is 1080. The first-order chi connectivity index (χ1) is 13.6. The number of halogens is 1. The SMILES string of the molecule is Cc1nc(Cl)cn2cc(C3=Cc4ccc(N5CCN(C)CC5)cc4OC3)nc12. The van der Waals surface area contributed by atoms with Crippen LogP contribution in [0.3, 0.4) is 0 Å². The number of imidazole rings is 1. The van der Waals surface area contributed by atoms with Gasteiger partial charge in [0.25, 0.3) is 0 Å². The summed E-state index contributed by atoms with van der Waals surface area (Å²) in [5.41, 5.74) is 5.89. The highest BCUT2D eigenvalue weighted by atomic mass is 35.5. The van der Waals surface area contributed by atoms with E-state index in [0.29, 0.717) is 11.8 Å². The van der Waals surface area contributed by atoms with Gasteiger partial charge in [-0.05, 0) is 32.2 Å². The fourth-order valence-electron chi connectivity index (χ4n) is 3.83. The Morgan fingerprint density at radius 2 is 1.89 bits per heavy atom. The lowest BCUT2D eigenvalue weighted by Gasteiger charge is -2.34. The van der Waals surface area contributed by atoms with E-state index < -0.39 is 0 Å². The van der Waals surface area contributed by atoms with E-state index in [2.05, 4.69) is 46.1 Å². The summed E-state index contributed by atoms with van der Waals surface area (Å²) in [6, 6.07) is 6.48. The van der Waals surface area contributed by atoms with E-state index in [1.165, 1.54) is 5.69 Å². The lowest BCUT2D eigenvalue weighted by molar-refractivity contribution is 0.312. The summed E-state index contributed by atoms with van der Waals surface area (Å²) in [6.45, 7) is 6.70. The number of nitrogens with zero attached hydrogens (tertiary/aromatic N) is 5. The third-order valence-electron chi connectivity index (χ3n) is 5.48. The molecule has 28 heavy (non-hydrogen) atoms. The number of hydrogen-bond donors (Lipinski definition) is 0. The van der Waals surface area contributed by atoms with Crippen LogP contribution in [0.5, 0.6) is 5.75 Å². The summed E-state index contributed by atoms with van der Waals surface area (Å²) in [4.78, 5) is 13.8. The second-order valence-corrected chi connectivity index (χ2v) is 7.86. The Morgan fingerprint density at radius 1 is 1.07 bits per heavy atom. The first-order valence-corrected chi connectivity index (χ1v) is 9.88. The molecule has 0 N–H and O–H groups in total. The molecule has 2 aliphatic rings. The van der Waals surface area contributed by atoms with E-state index in [4.69, 9.17) is 21.3 Å². The second-order valence-electron chi connectivity index (χ2n) is 7.48. The molecule has 1 saturated heterocycles. The number of likely N-dealkylation sites (N-methyl/N-ethyl adjacent to an activating group) is 1. The monoisotopic (exact) mass is 395 g/mol. The number of piperazine rings is 1. The molecule has 1 fully saturated rings. The molecule has 2 aliphatic heterocycles. The molecule has 7 heteroatoms. The summed E-state index contributed by atoms with van der Waals surface area (Å²) in [5.74, 6) is 0.935. The standard InChI is InChI=1S/C21H22ClN5O/c1-14-21-24-18(11-27(21)12-20(22)23-14)16-9-15-3-4-17(10-19(15)28-13-16)26-7-5-25(2)6-8-26/h3-4,9-12H,5-8,13H2,1-2H3. The van der Waals surface area contributed by atoms with E-state index in [1.54, 1.807) is 6.20 Å². The number of ether oxygens (including phenoxy) is 1. The van der Waals surface area contributed by atoms with Crippen molar-refractivity contribution < 1.29 is 4.74 Å². The Hall–Kier alpha value is -2.57. The van der Waals surface area contributed by atoms with E-state index >= 15 is 0 Å². The molecule has 6 nitrogen and oxygen atoms in total. The van der Waals surface area contributed by atoms with Crippen molar-refractivity contribution in [2.75, 3.05) is 44.7 Å². The van der Waals surface area contributed by atoms with E-state index in [9.17, 15) is 0 Å². The molecule has 1 aromatic carbocycles. The summed E-state index contributed by atoms with van der Waals surface area (Å²) >= 11 is 6.07. The minimum Gasteiger partial charge on any atom is -0.488 e. The normalized spacial score (nSPS) is 17.4. The van der Waals surface area contributed by atoms with Crippen molar-refractivity contribution in [2.24, 2.45) is 0 Å². The molecule has 0 spiro atoms. The van der Waals surface area contributed by atoms with Gasteiger partial charge >= 0.3 is 0 Å². The van der Waals surface area contributed by atoms with Crippen LogP contribution in [0.1, 0.15) is 17.0 Å². The van der Waals surface area contributed by atoms with Gasteiger partial charge in [0.15, 0.2) is 5.65 Å². The largest absolute Gasteiger partial charge is 0.488 e. The maximum atomic E-state index is 6.10. The van der Waals surface area contributed by atoms with Crippen molar-refractivity contribution in [1.29, 1.82) is 0 Å². The number of benzene rings is 1. The number of rotatable bonds is 2. The van der Waals surface area contributed by atoms with Gasteiger partial charge in [0, 0.05) is 61.5 Å². The van der Waals surface area contributed by atoms with Gasteiger partial charge < -0.3 is 18.9 Å². The molecule has 0 bridgehead atoms. The Morgan fingerprint density at radius 3 is 2.71 bits per heavy atom. The van der Waals surface area contributed by atoms with Crippen LogP contribution in [-0.4, -0.2) is 59.1 Å². The third kappa shape index (κ3) is 3.12. The average Bonchev–Trinajstić information content (AvgIpc) is 3.12. The number of aryl methyl sites for hydroxylation is 1. The Kier molecular flexibility index (Phi) is 4.25. The number of hydrogen-bond acceptors (Lipinski definition) is 5. The van der Waals surface area contributed by atoms with Crippen LogP contribution < -0.4 is 9.64 Å². The van der Waals surface area contributed by atoms with Crippen molar-refractivity contribution >= 4 is 34.6 Å². The highest BCUT2D eigenvalue weighted by Gasteiger charge is 2.19. The van der Waals surface area contributed by atoms with Crippen LogP contribution >= 0.6 is 11.6 Å². The fraction of sp³-hybridized carbons (Fsp3) is 0.333. The fourth-order valence-corrected chi connectivity index (χ4v) is 4.06. The minimum atomic E-state index is 0.463. The van der Waals surface area contributed by atoms with E-state index in [1.807, 2.05) is 17.5 Å². The molecule has 0 amide bonds. The van der Waals surface area contributed by atoms with Gasteiger partial charge in [-0.1, -0.05) is 11.6 Å². The number of anilines is 1. The second kappa shape index (κ2) is 6.79. The van der Waals surface area contributed by atoms with E-state index in [-0.39, 0.29) is 0 Å². The third-order valence-corrected chi connectivity index (χ3v) is 5.67.